The fourth-order valence-corrected chi connectivity index (χ4v) is 5.05. The lowest BCUT2D eigenvalue weighted by Gasteiger charge is -2.37. The maximum Gasteiger partial charge on any atom is 0.270 e. The highest BCUT2D eigenvalue weighted by Crippen LogP contribution is 2.42. The second-order valence-electron chi connectivity index (χ2n) is 5.82. The van der Waals surface area contributed by atoms with Gasteiger partial charge in [-0.1, -0.05) is 6.58 Å². The Hall–Kier alpha value is -2.20. The first-order valence-corrected chi connectivity index (χ1v) is 8.67. The minimum Gasteiger partial charge on any atom is -0.367 e. The number of benzene rings is 1. The molecule has 2 aliphatic heterocycles. The average molecular weight is 357 g/mol. The van der Waals surface area contributed by atoms with Gasteiger partial charge in [0.2, 0.25) is 10.0 Å². The summed E-state index contributed by atoms with van der Waals surface area (Å²) in [5.41, 5.74) is -0.343. The van der Waals surface area contributed by atoms with Crippen molar-refractivity contribution in [3.63, 3.8) is 0 Å². The second kappa shape index (κ2) is 5.42. The van der Waals surface area contributed by atoms with Crippen LogP contribution in [0.5, 0.6) is 0 Å². The van der Waals surface area contributed by atoms with Gasteiger partial charge in [0.1, 0.15) is 23.0 Å². The second-order valence-corrected chi connectivity index (χ2v) is 7.94. The van der Waals surface area contributed by atoms with Gasteiger partial charge >= 0.3 is 0 Å². The number of sulfonamides is 1. The molecule has 2 heterocycles. The van der Waals surface area contributed by atoms with Crippen LogP contribution in [-0.4, -0.2) is 42.1 Å². The van der Waals surface area contributed by atoms with E-state index in [1.54, 1.807) is 6.92 Å². The molecule has 0 aliphatic carbocycles. The van der Waals surface area contributed by atoms with Gasteiger partial charge in [0.05, 0.1) is 17.1 Å². The average Bonchev–Trinajstić information content (AvgIpc) is 2.82. The summed E-state index contributed by atoms with van der Waals surface area (Å²) in [4.78, 5) is 10.3. The molecule has 0 bridgehead atoms. The summed E-state index contributed by atoms with van der Waals surface area (Å²) in [6, 6.07) is 2.31. The van der Waals surface area contributed by atoms with Crippen LogP contribution in [0.2, 0.25) is 0 Å². The van der Waals surface area contributed by atoms with Crippen LogP contribution in [0, 0.1) is 15.9 Å². The summed E-state index contributed by atoms with van der Waals surface area (Å²) in [6.45, 7) is 5.23. The Kier molecular flexibility index (Phi) is 3.76. The Morgan fingerprint density at radius 1 is 1.46 bits per heavy atom. The van der Waals surface area contributed by atoms with Gasteiger partial charge in [-0.25, -0.2) is 12.8 Å². The third-order valence-electron chi connectivity index (χ3n) is 4.44. The minimum atomic E-state index is -3.73. The summed E-state index contributed by atoms with van der Waals surface area (Å²) in [5.74, 6) is -0.549. The van der Waals surface area contributed by atoms with Crippen molar-refractivity contribution in [1.82, 2.24) is 9.62 Å². The van der Waals surface area contributed by atoms with Gasteiger partial charge in [-0.15, -0.1) is 0 Å². The van der Waals surface area contributed by atoms with Crippen LogP contribution in [-0.2, 0) is 14.8 Å². The van der Waals surface area contributed by atoms with Crippen LogP contribution in [0.25, 0.3) is 0 Å². The summed E-state index contributed by atoms with van der Waals surface area (Å²) < 4.78 is 46.1. The number of hydrogen-bond donors (Lipinski definition) is 1. The molecule has 3 rings (SSSR count). The van der Waals surface area contributed by atoms with Crippen LogP contribution >= 0.6 is 0 Å². The molecule has 130 valence electrons. The minimum absolute atomic E-state index is 0.0522. The standard InChI is InChI=1S/C14H16FN3O5S/c1-7-14-12(16-8(2)17(3)24(14,21)22)13(23-7)10-6-9(18(19)20)4-5-11(10)15/h4-7,12-14,16H,2H2,1,3H3/t7-,12+,13+,14-/m1/s1. The third-order valence-corrected chi connectivity index (χ3v) is 6.79. The van der Waals surface area contributed by atoms with Gasteiger partial charge in [0.25, 0.3) is 5.69 Å². The van der Waals surface area contributed by atoms with E-state index >= 15 is 0 Å². The van der Waals surface area contributed by atoms with E-state index in [0.29, 0.717) is 0 Å². The Morgan fingerprint density at radius 3 is 2.75 bits per heavy atom. The Morgan fingerprint density at radius 2 is 2.12 bits per heavy atom. The van der Waals surface area contributed by atoms with Crippen LogP contribution in [0.15, 0.2) is 30.6 Å². The lowest BCUT2D eigenvalue weighted by atomic mass is 9.99. The highest BCUT2D eigenvalue weighted by atomic mass is 32.2. The van der Waals surface area contributed by atoms with E-state index in [1.807, 2.05) is 0 Å². The zero-order valence-corrected chi connectivity index (χ0v) is 13.8. The van der Waals surface area contributed by atoms with Crippen molar-refractivity contribution in [2.24, 2.45) is 0 Å². The number of non-ortho nitro benzene ring substituents is 1. The lowest BCUT2D eigenvalue weighted by Crippen LogP contribution is -2.57. The number of nitro groups is 1. The molecule has 2 saturated heterocycles. The number of nitro benzene ring substituents is 1. The molecule has 0 spiro atoms. The number of nitrogens with zero attached hydrogens (tertiary/aromatic N) is 2. The summed E-state index contributed by atoms with van der Waals surface area (Å²) in [5, 5.41) is 12.9. The first-order chi connectivity index (χ1) is 11.1. The third kappa shape index (κ3) is 2.33. The van der Waals surface area contributed by atoms with Crippen LogP contribution in [0.3, 0.4) is 0 Å². The van der Waals surface area contributed by atoms with Crippen LogP contribution < -0.4 is 5.32 Å². The number of hydrogen-bond acceptors (Lipinski definition) is 6. The van der Waals surface area contributed by atoms with Crippen LogP contribution in [0.1, 0.15) is 18.6 Å². The fraction of sp³-hybridized carbons (Fsp3) is 0.429. The van der Waals surface area contributed by atoms with Crippen molar-refractivity contribution in [2.75, 3.05) is 7.05 Å². The van der Waals surface area contributed by atoms with Crippen molar-refractivity contribution in [1.29, 1.82) is 0 Å². The van der Waals surface area contributed by atoms with Gasteiger partial charge < -0.3 is 10.1 Å². The molecule has 8 nitrogen and oxygen atoms in total. The topological polar surface area (TPSA) is 102 Å². The Balaban J connectivity index is 2.07. The van der Waals surface area contributed by atoms with Crippen LogP contribution in [0.4, 0.5) is 10.1 Å². The largest absolute Gasteiger partial charge is 0.367 e. The van der Waals surface area contributed by atoms with Crippen molar-refractivity contribution < 1.29 is 22.5 Å². The van der Waals surface area contributed by atoms with Crippen molar-refractivity contribution in [3.05, 3.63) is 52.1 Å². The van der Waals surface area contributed by atoms with E-state index in [1.165, 1.54) is 7.05 Å². The molecule has 1 N–H and O–H groups in total. The SMILES string of the molecule is C=C1N[C@@H]2[C@@H]([C@@H](C)O[C@H]2c2cc([N+](=O)[O-])ccc2F)S(=O)(=O)N1C. The van der Waals surface area contributed by atoms with Crippen molar-refractivity contribution in [3.8, 4) is 0 Å². The molecule has 10 heteroatoms. The molecule has 2 fully saturated rings. The number of fused-ring (bicyclic) bond motifs is 1. The number of rotatable bonds is 2. The van der Waals surface area contributed by atoms with E-state index < -0.39 is 44.3 Å². The summed E-state index contributed by atoms with van der Waals surface area (Å²) in [6.07, 6.45) is -1.70. The molecule has 1 aromatic rings. The quantitative estimate of drug-likeness (QED) is 0.632. The molecular weight excluding hydrogens is 341 g/mol. The molecule has 0 aromatic heterocycles. The summed E-state index contributed by atoms with van der Waals surface area (Å²) >= 11 is 0. The van der Waals surface area contributed by atoms with E-state index in [0.717, 1.165) is 22.5 Å². The monoisotopic (exact) mass is 357 g/mol. The first-order valence-electron chi connectivity index (χ1n) is 7.17. The molecule has 0 saturated carbocycles. The van der Waals surface area contributed by atoms with Gasteiger partial charge in [0, 0.05) is 24.7 Å². The predicted octanol–water partition coefficient (Wildman–Crippen LogP) is 1.27. The smallest absolute Gasteiger partial charge is 0.270 e. The number of halogens is 1. The van der Waals surface area contributed by atoms with Gasteiger partial charge in [-0.05, 0) is 13.0 Å². The molecule has 0 amide bonds. The predicted molar refractivity (Wildman–Crippen MR) is 82.9 cm³/mol. The first kappa shape index (κ1) is 16.7. The number of nitrogens with one attached hydrogen (secondary N) is 1. The Bertz CT molecular complexity index is 828. The molecule has 2 aliphatic rings. The van der Waals surface area contributed by atoms with E-state index in [-0.39, 0.29) is 17.1 Å². The van der Waals surface area contributed by atoms with Gasteiger partial charge in [-0.2, -0.15) is 0 Å². The Labute approximate surface area is 138 Å². The molecule has 1 aromatic carbocycles. The normalized spacial score (nSPS) is 31.5. The van der Waals surface area contributed by atoms with Gasteiger partial charge in [0.15, 0.2) is 0 Å². The van der Waals surface area contributed by atoms with Crippen molar-refractivity contribution in [2.45, 2.75) is 30.4 Å². The molecule has 4 atom stereocenters. The van der Waals surface area contributed by atoms with E-state index in [9.17, 15) is 22.9 Å². The maximum atomic E-state index is 14.2. The summed E-state index contributed by atoms with van der Waals surface area (Å²) in [7, 11) is -2.36. The molecular formula is C14H16FN3O5S. The fourth-order valence-electron chi connectivity index (χ4n) is 3.19. The van der Waals surface area contributed by atoms with E-state index in [2.05, 4.69) is 11.9 Å². The highest BCUT2D eigenvalue weighted by Gasteiger charge is 2.55. The maximum absolute atomic E-state index is 14.2. The zero-order chi connectivity index (χ0) is 17.8. The zero-order valence-electron chi connectivity index (χ0n) is 13.0. The van der Waals surface area contributed by atoms with Gasteiger partial charge in [-0.3, -0.25) is 14.4 Å². The van der Waals surface area contributed by atoms with E-state index in [4.69, 9.17) is 4.74 Å². The molecule has 0 radical (unpaired) electrons. The molecule has 0 unspecified atom stereocenters. The van der Waals surface area contributed by atoms with Crippen molar-refractivity contribution >= 4 is 15.7 Å². The number of ether oxygens (including phenoxy) is 1. The lowest BCUT2D eigenvalue weighted by molar-refractivity contribution is -0.385. The highest BCUT2D eigenvalue weighted by molar-refractivity contribution is 7.90. The molecule has 24 heavy (non-hydrogen) atoms.